The molecular formula is C21H28BrNO5. The molecule has 6 nitrogen and oxygen atoms in total. The van der Waals surface area contributed by atoms with Gasteiger partial charge in [-0.2, -0.15) is 0 Å². The Morgan fingerprint density at radius 2 is 2.21 bits per heavy atom. The quantitative estimate of drug-likeness (QED) is 0.385. The first-order valence-corrected chi connectivity index (χ1v) is 10.8. The molecule has 0 bridgehead atoms. The van der Waals surface area contributed by atoms with Gasteiger partial charge in [-0.1, -0.05) is 53.7 Å². The van der Waals surface area contributed by atoms with Crippen LogP contribution in [0, 0.1) is 5.92 Å². The molecule has 154 valence electrons. The molecule has 1 aromatic rings. The monoisotopic (exact) mass is 453 g/mol. The first kappa shape index (κ1) is 21.1. The van der Waals surface area contributed by atoms with Crippen molar-refractivity contribution < 1.29 is 23.8 Å². The van der Waals surface area contributed by atoms with Gasteiger partial charge in [-0.25, -0.2) is 4.79 Å². The van der Waals surface area contributed by atoms with E-state index in [0.717, 1.165) is 35.7 Å². The summed E-state index contributed by atoms with van der Waals surface area (Å²) in [7, 11) is 1.40. The molecule has 0 aromatic heterocycles. The molecular weight excluding hydrogens is 426 g/mol. The summed E-state index contributed by atoms with van der Waals surface area (Å²) in [5.74, 6) is 0.757. The first-order chi connectivity index (χ1) is 13.6. The lowest BCUT2D eigenvalue weighted by Gasteiger charge is -2.29. The van der Waals surface area contributed by atoms with Gasteiger partial charge in [0.2, 0.25) is 0 Å². The molecule has 1 saturated carbocycles. The van der Waals surface area contributed by atoms with Gasteiger partial charge in [0.25, 0.3) is 0 Å². The fourth-order valence-corrected chi connectivity index (χ4v) is 3.71. The summed E-state index contributed by atoms with van der Waals surface area (Å²) >= 11 is 3.51. The van der Waals surface area contributed by atoms with Gasteiger partial charge >= 0.3 is 5.97 Å². The van der Waals surface area contributed by atoms with Crippen LogP contribution in [0.25, 0.3) is 0 Å². The lowest BCUT2D eigenvalue weighted by atomic mass is 9.81. The van der Waals surface area contributed by atoms with E-state index in [9.17, 15) is 4.79 Å². The number of carbonyl (C=O) groups excluding carboxylic acids is 1. The highest BCUT2D eigenvalue weighted by molar-refractivity contribution is 9.10. The number of methoxy groups -OCH3 is 1. The van der Waals surface area contributed by atoms with Crippen molar-refractivity contribution in [3.63, 3.8) is 0 Å². The Kier molecular flexibility index (Phi) is 7.73. The van der Waals surface area contributed by atoms with Crippen molar-refractivity contribution in [2.24, 2.45) is 11.1 Å². The second kappa shape index (κ2) is 10.3. The summed E-state index contributed by atoms with van der Waals surface area (Å²) < 4.78 is 18.0. The number of unbranched alkanes of at least 4 members (excludes halogenated alkanes) is 1. The molecule has 1 aliphatic carbocycles. The predicted octanol–water partition coefficient (Wildman–Crippen LogP) is 4.48. The normalized spacial score (nSPS) is 20.1. The Bertz CT molecular complexity index is 704. The highest BCUT2D eigenvalue weighted by Crippen LogP contribution is 2.34. The number of hydrogen-bond donors (Lipinski definition) is 0. The molecule has 1 heterocycles. The molecule has 0 spiro atoms. The predicted molar refractivity (Wildman–Crippen MR) is 110 cm³/mol. The minimum atomic E-state index is -0.627. The number of oxime groups is 1. The van der Waals surface area contributed by atoms with Crippen LogP contribution in [-0.4, -0.2) is 44.2 Å². The zero-order valence-corrected chi connectivity index (χ0v) is 18.1. The number of nitrogens with zero attached hydrogens (tertiary/aromatic N) is 1. The fraction of sp³-hybridized carbons (Fsp3) is 0.619. The molecule has 0 unspecified atom stereocenters. The van der Waals surface area contributed by atoms with E-state index >= 15 is 0 Å². The summed E-state index contributed by atoms with van der Waals surface area (Å²) in [6.45, 7) is 3.16. The van der Waals surface area contributed by atoms with Crippen molar-refractivity contribution in [3.05, 3.63) is 28.2 Å². The van der Waals surface area contributed by atoms with E-state index in [2.05, 4.69) is 28.0 Å². The number of rotatable bonds is 10. The van der Waals surface area contributed by atoms with Gasteiger partial charge in [-0.3, -0.25) is 0 Å². The van der Waals surface area contributed by atoms with Crippen LogP contribution in [-0.2, 0) is 19.1 Å². The minimum Gasteiger partial charge on any atom is -0.478 e. The number of halogens is 1. The summed E-state index contributed by atoms with van der Waals surface area (Å²) in [5, 5.41) is 4.20. The van der Waals surface area contributed by atoms with E-state index in [1.165, 1.54) is 13.5 Å². The Morgan fingerprint density at radius 1 is 1.39 bits per heavy atom. The SMILES string of the molecule is CCCCO[C@@H]1CON=C1c1cc(Br)ccc1O[C@@H](CC1CCC1)C(=O)OC. The molecule has 7 heteroatoms. The zero-order valence-electron chi connectivity index (χ0n) is 16.5. The van der Waals surface area contributed by atoms with Crippen molar-refractivity contribution in [1.82, 2.24) is 0 Å². The third-order valence-corrected chi connectivity index (χ3v) is 5.73. The lowest BCUT2D eigenvalue weighted by Crippen LogP contribution is -2.33. The van der Waals surface area contributed by atoms with Crippen molar-refractivity contribution in [2.45, 2.75) is 57.7 Å². The Labute approximate surface area is 174 Å². The van der Waals surface area contributed by atoms with Crippen LogP contribution < -0.4 is 4.74 Å². The molecule has 3 rings (SSSR count). The van der Waals surface area contributed by atoms with Gasteiger partial charge < -0.3 is 19.0 Å². The van der Waals surface area contributed by atoms with E-state index in [4.69, 9.17) is 19.0 Å². The van der Waals surface area contributed by atoms with E-state index < -0.39 is 6.10 Å². The molecule has 0 amide bonds. The maximum absolute atomic E-state index is 12.3. The van der Waals surface area contributed by atoms with Crippen LogP contribution in [0.3, 0.4) is 0 Å². The second-order valence-corrected chi connectivity index (χ2v) is 8.20. The zero-order chi connectivity index (χ0) is 19.9. The van der Waals surface area contributed by atoms with Gasteiger partial charge in [0.1, 0.15) is 24.2 Å². The highest BCUT2D eigenvalue weighted by atomic mass is 79.9. The van der Waals surface area contributed by atoms with Crippen molar-refractivity contribution >= 4 is 27.6 Å². The maximum Gasteiger partial charge on any atom is 0.347 e. The van der Waals surface area contributed by atoms with Gasteiger partial charge in [0, 0.05) is 16.6 Å². The van der Waals surface area contributed by atoms with Gasteiger partial charge in [-0.15, -0.1) is 0 Å². The van der Waals surface area contributed by atoms with Crippen molar-refractivity contribution in [3.8, 4) is 5.75 Å². The standard InChI is InChI=1S/C21H28BrNO5/c1-3-4-10-26-19-13-27-23-20(19)16-12-15(22)8-9-17(16)28-18(21(24)25-2)11-14-6-5-7-14/h8-9,12,14,18-19H,3-7,10-11,13H2,1-2H3/t18-,19+/m0/s1. The maximum atomic E-state index is 12.3. The Hall–Kier alpha value is -1.60. The molecule has 1 fully saturated rings. The van der Waals surface area contributed by atoms with E-state index in [1.807, 2.05) is 18.2 Å². The van der Waals surface area contributed by atoms with Crippen LogP contribution in [0.1, 0.15) is 51.0 Å². The molecule has 1 aromatic carbocycles. The van der Waals surface area contributed by atoms with Gasteiger partial charge in [0.15, 0.2) is 6.10 Å². The largest absolute Gasteiger partial charge is 0.478 e. The number of benzene rings is 1. The summed E-state index contributed by atoms with van der Waals surface area (Å²) in [6.07, 6.45) is 5.33. The number of hydrogen-bond acceptors (Lipinski definition) is 6. The topological polar surface area (TPSA) is 66.3 Å². The van der Waals surface area contributed by atoms with Crippen molar-refractivity contribution in [2.75, 3.05) is 20.3 Å². The summed E-state index contributed by atoms with van der Waals surface area (Å²) in [4.78, 5) is 17.6. The smallest absolute Gasteiger partial charge is 0.347 e. The van der Waals surface area contributed by atoms with Crippen LogP contribution in [0.4, 0.5) is 0 Å². The van der Waals surface area contributed by atoms with Crippen LogP contribution >= 0.6 is 15.9 Å². The average molecular weight is 454 g/mol. The van der Waals surface area contributed by atoms with Gasteiger partial charge in [-0.05, 0) is 37.0 Å². The van der Waals surface area contributed by atoms with Gasteiger partial charge in [0.05, 0.1) is 7.11 Å². The molecule has 28 heavy (non-hydrogen) atoms. The van der Waals surface area contributed by atoms with Crippen LogP contribution in [0.15, 0.2) is 27.8 Å². The van der Waals surface area contributed by atoms with Crippen LogP contribution in [0.5, 0.6) is 5.75 Å². The Balaban J connectivity index is 1.80. The molecule has 0 N–H and O–H groups in total. The summed E-state index contributed by atoms with van der Waals surface area (Å²) in [5.41, 5.74) is 1.47. The average Bonchev–Trinajstić information content (AvgIpc) is 3.12. The third-order valence-electron chi connectivity index (χ3n) is 5.23. The van der Waals surface area contributed by atoms with E-state index in [-0.39, 0.29) is 12.1 Å². The molecule has 0 saturated heterocycles. The number of ether oxygens (including phenoxy) is 3. The molecule has 2 aliphatic rings. The fourth-order valence-electron chi connectivity index (χ4n) is 3.35. The van der Waals surface area contributed by atoms with E-state index in [0.29, 0.717) is 37.0 Å². The lowest BCUT2D eigenvalue weighted by molar-refractivity contribution is -0.150. The third kappa shape index (κ3) is 5.26. The molecule has 0 radical (unpaired) electrons. The Morgan fingerprint density at radius 3 is 2.89 bits per heavy atom. The number of esters is 1. The first-order valence-electron chi connectivity index (χ1n) is 9.98. The van der Waals surface area contributed by atoms with E-state index in [1.54, 1.807) is 0 Å². The molecule has 2 atom stereocenters. The minimum absolute atomic E-state index is 0.244. The molecule has 1 aliphatic heterocycles. The summed E-state index contributed by atoms with van der Waals surface area (Å²) in [6, 6.07) is 5.66. The van der Waals surface area contributed by atoms with Crippen LogP contribution in [0.2, 0.25) is 0 Å². The second-order valence-electron chi connectivity index (χ2n) is 7.29. The highest BCUT2D eigenvalue weighted by Gasteiger charge is 2.32. The van der Waals surface area contributed by atoms with Crippen molar-refractivity contribution in [1.29, 1.82) is 0 Å². The number of carbonyl (C=O) groups is 1.